The smallest absolute Gasteiger partial charge is 0.0991 e. The molecule has 0 aliphatic rings. The van der Waals surface area contributed by atoms with Gasteiger partial charge in [0.25, 0.3) is 0 Å². The van der Waals surface area contributed by atoms with E-state index in [2.05, 4.69) is 16.5 Å². The van der Waals surface area contributed by atoms with Gasteiger partial charge in [-0.15, -0.1) is 0 Å². The second kappa shape index (κ2) is 4.92. The lowest BCUT2D eigenvalue weighted by Gasteiger charge is -2.07. The predicted molar refractivity (Wildman–Crippen MR) is 71.2 cm³/mol. The lowest BCUT2D eigenvalue weighted by Crippen LogP contribution is -2.02. The topological polar surface area (TPSA) is 53.6 Å². The third-order valence-electron chi connectivity index (χ3n) is 3.03. The van der Waals surface area contributed by atoms with Crippen molar-refractivity contribution >= 4 is 5.69 Å². The summed E-state index contributed by atoms with van der Waals surface area (Å²) in [5, 5.41) is 16.6. The summed E-state index contributed by atoms with van der Waals surface area (Å²) in [6.45, 7) is 4.72. The Bertz CT molecular complexity index is 605. The molecule has 0 bridgehead atoms. The van der Waals surface area contributed by atoms with Gasteiger partial charge in [0.05, 0.1) is 28.7 Å². The molecule has 0 saturated carbocycles. The summed E-state index contributed by atoms with van der Waals surface area (Å²) in [5.41, 5.74) is 4.96. The Balaban J connectivity index is 2.14. The summed E-state index contributed by atoms with van der Waals surface area (Å²) in [7, 11) is 1.93. The number of aromatic nitrogens is 2. The van der Waals surface area contributed by atoms with E-state index in [0.29, 0.717) is 12.1 Å². The van der Waals surface area contributed by atoms with E-state index in [1.807, 2.05) is 49.8 Å². The Labute approximate surface area is 107 Å². The first-order valence-corrected chi connectivity index (χ1v) is 5.85. The van der Waals surface area contributed by atoms with Crippen molar-refractivity contribution in [1.82, 2.24) is 9.78 Å². The molecule has 92 valence electrons. The fourth-order valence-corrected chi connectivity index (χ4v) is 1.97. The van der Waals surface area contributed by atoms with Gasteiger partial charge >= 0.3 is 0 Å². The van der Waals surface area contributed by atoms with Crippen molar-refractivity contribution < 1.29 is 0 Å². The largest absolute Gasteiger partial charge is 0.378 e. The third kappa shape index (κ3) is 2.35. The van der Waals surface area contributed by atoms with Crippen LogP contribution in [-0.4, -0.2) is 9.78 Å². The van der Waals surface area contributed by atoms with Gasteiger partial charge in [-0.2, -0.15) is 10.4 Å². The Morgan fingerprint density at radius 1 is 1.39 bits per heavy atom. The molecule has 0 amide bonds. The van der Waals surface area contributed by atoms with E-state index in [-0.39, 0.29) is 0 Å². The molecule has 0 aliphatic heterocycles. The summed E-state index contributed by atoms with van der Waals surface area (Å²) in [6, 6.07) is 9.76. The van der Waals surface area contributed by atoms with Crippen LogP contribution in [0.3, 0.4) is 0 Å². The Morgan fingerprint density at radius 3 is 2.78 bits per heavy atom. The van der Waals surface area contributed by atoms with Gasteiger partial charge in [0.1, 0.15) is 0 Å². The molecule has 0 aliphatic carbocycles. The highest BCUT2D eigenvalue weighted by molar-refractivity contribution is 5.52. The zero-order valence-electron chi connectivity index (χ0n) is 10.9. The van der Waals surface area contributed by atoms with Crippen LogP contribution >= 0.6 is 0 Å². The molecule has 0 saturated heterocycles. The number of rotatable bonds is 3. The summed E-state index contributed by atoms with van der Waals surface area (Å²) in [6.07, 6.45) is 0. The summed E-state index contributed by atoms with van der Waals surface area (Å²) >= 11 is 0. The normalized spacial score (nSPS) is 10.1. The molecule has 1 aromatic heterocycles. The first kappa shape index (κ1) is 12.2. The van der Waals surface area contributed by atoms with Gasteiger partial charge in [-0.3, -0.25) is 4.68 Å². The SMILES string of the molecule is Cc1nn(C)c(C)c1NCc1cccc(C#N)c1. The Kier molecular flexibility index (Phi) is 3.33. The van der Waals surface area contributed by atoms with Gasteiger partial charge in [-0.25, -0.2) is 0 Å². The van der Waals surface area contributed by atoms with Crippen LogP contribution in [0.25, 0.3) is 0 Å². The van der Waals surface area contributed by atoms with Gasteiger partial charge in [0.2, 0.25) is 0 Å². The van der Waals surface area contributed by atoms with Crippen LogP contribution < -0.4 is 5.32 Å². The monoisotopic (exact) mass is 240 g/mol. The van der Waals surface area contributed by atoms with Gasteiger partial charge in [0.15, 0.2) is 0 Å². The van der Waals surface area contributed by atoms with Crippen LogP contribution in [-0.2, 0) is 13.6 Å². The molecule has 1 N–H and O–H groups in total. The van der Waals surface area contributed by atoms with Gasteiger partial charge in [0, 0.05) is 13.6 Å². The Morgan fingerprint density at radius 2 is 2.17 bits per heavy atom. The first-order chi connectivity index (χ1) is 8.61. The number of aryl methyl sites for hydroxylation is 2. The van der Waals surface area contributed by atoms with E-state index in [0.717, 1.165) is 22.6 Å². The molecule has 1 aromatic carbocycles. The van der Waals surface area contributed by atoms with Crippen LogP contribution in [0, 0.1) is 25.2 Å². The average Bonchev–Trinajstić information content (AvgIpc) is 2.61. The fourth-order valence-electron chi connectivity index (χ4n) is 1.97. The van der Waals surface area contributed by atoms with E-state index in [4.69, 9.17) is 5.26 Å². The molecule has 2 rings (SSSR count). The molecule has 0 unspecified atom stereocenters. The van der Waals surface area contributed by atoms with Crippen molar-refractivity contribution in [2.45, 2.75) is 20.4 Å². The fraction of sp³-hybridized carbons (Fsp3) is 0.286. The Hall–Kier alpha value is -2.28. The molecular formula is C14H16N4. The molecule has 0 atom stereocenters. The van der Waals surface area contributed by atoms with Crippen LogP contribution in [0.4, 0.5) is 5.69 Å². The van der Waals surface area contributed by atoms with Gasteiger partial charge in [-0.1, -0.05) is 12.1 Å². The van der Waals surface area contributed by atoms with E-state index in [9.17, 15) is 0 Å². The van der Waals surface area contributed by atoms with Crippen molar-refractivity contribution in [2.24, 2.45) is 7.05 Å². The maximum Gasteiger partial charge on any atom is 0.0991 e. The van der Waals surface area contributed by atoms with Crippen LogP contribution in [0.15, 0.2) is 24.3 Å². The van der Waals surface area contributed by atoms with E-state index in [1.165, 1.54) is 0 Å². The average molecular weight is 240 g/mol. The number of benzene rings is 1. The van der Waals surface area contributed by atoms with Crippen molar-refractivity contribution in [1.29, 1.82) is 5.26 Å². The highest BCUT2D eigenvalue weighted by atomic mass is 15.3. The summed E-state index contributed by atoms with van der Waals surface area (Å²) in [4.78, 5) is 0. The number of hydrogen-bond donors (Lipinski definition) is 1. The van der Waals surface area contributed by atoms with Crippen LogP contribution in [0.2, 0.25) is 0 Å². The zero-order chi connectivity index (χ0) is 13.1. The number of anilines is 1. The number of hydrogen-bond acceptors (Lipinski definition) is 3. The number of nitriles is 1. The maximum absolute atomic E-state index is 8.86. The van der Waals surface area contributed by atoms with E-state index < -0.39 is 0 Å². The summed E-state index contributed by atoms with van der Waals surface area (Å²) < 4.78 is 1.86. The quantitative estimate of drug-likeness (QED) is 0.896. The standard InChI is InChI=1S/C14H16N4/c1-10-14(11(2)18(3)17-10)16-9-13-6-4-5-12(7-13)8-15/h4-7,16H,9H2,1-3H3. The molecule has 0 spiro atoms. The van der Waals surface area contributed by atoms with Crippen molar-refractivity contribution in [2.75, 3.05) is 5.32 Å². The lowest BCUT2D eigenvalue weighted by atomic mass is 10.1. The number of nitrogens with zero attached hydrogens (tertiary/aromatic N) is 3. The van der Waals surface area contributed by atoms with Crippen molar-refractivity contribution in [3.63, 3.8) is 0 Å². The molecule has 18 heavy (non-hydrogen) atoms. The van der Waals surface area contributed by atoms with Gasteiger partial charge < -0.3 is 5.32 Å². The van der Waals surface area contributed by atoms with Crippen molar-refractivity contribution in [3.8, 4) is 6.07 Å². The van der Waals surface area contributed by atoms with Crippen LogP contribution in [0.1, 0.15) is 22.5 Å². The maximum atomic E-state index is 8.86. The highest BCUT2D eigenvalue weighted by Gasteiger charge is 2.08. The van der Waals surface area contributed by atoms with Crippen molar-refractivity contribution in [3.05, 3.63) is 46.8 Å². The molecule has 1 heterocycles. The summed E-state index contributed by atoms with van der Waals surface area (Å²) in [5.74, 6) is 0. The second-order valence-corrected chi connectivity index (χ2v) is 4.34. The van der Waals surface area contributed by atoms with Crippen LogP contribution in [0.5, 0.6) is 0 Å². The number of nitrogens with one attached hydrogen (secondary N) is 1. The second-order valence-electron chi connectivity index (χ2n) is 4.34. The zero-order valence-corrected chi connectivity index (χ0v) is 10.9. The molecule has 2 aromatic rings. The minimum Gasteiger partial charge on any atom is -0.378 e. The minimum absolute atomic E-state index is 0.689. The predicted octanol–water partition coefficient (Wildman–Crippen LogP) is 2.52. The molecule has 4 heteroatoms. The van der Waals surface area contributed by atoms with E-state index in [1.54, 1.807) is 0 Å². The lowest BCUT2D eigenvalue weighted by molar-refractivity contribution is 0.731. The van der Waals surface area contributed by atoms with Gasteiger partial charge in [-0.05, 0) is 31.5 Å². The minimum atomic E-state index is 0.689. The molecule has 0 fully saturated rings. The molecule has 4 nitrogen and oxygen atoms in total. The molecular weight excluding hydrogens is 224 g/mol. The highest BCUT2D eigenvalue weighted by Crippen LogP contribution is 2.19. The first-order valence-electron chi connectivity index (χ1n) is 5.85. The third-order valence-corrected chi connectivity index (χ3v) is 3.03. The van der Waals surface area contributed by atoms with E-state index >= 15 is 0 Å². The molecule has 0 radical (unpaired) electrons.